The first-order chi connectivity index (χ1) is 9.20. The topological polar surface area (TPSA) is 63.2 Å². The monoisotopic (exact) mass is 345 g/mol. The molecule has 1 aromatic rings. The fourth-order valence-electron chi connectivity index (χ4n) is 1.85. The van der Waals surface area contributed by atoms with E-state index in [9.17, 15) is 4.79 Å². The van der Waals surface area contributed by atoms with Gasteiger partial charge in [-0.15, -0.1) is 0 Å². The number of urea groups is 1. The third kappa shape index (κ3) is 3.94. The van der Waals surface area contributed by atoms with Crippen LogP contribution in [0.25, 0.3) is 0 Å². The Morgan fingerprint density at radius 1 is 1.68 bits per heavy atom. The van der Waals surface area contributed by atoms with E-state index in [0.717, 1.165) is 28.6 Å². The highest BCUT2D eigenvalue weighted by Crippen LogP contribution is 2.30. The summed E-state index contributed by atoms with van der Waals surface area (Å²) in [6.45, 7) is 0.434. The number of methoxy groups -OCH3 is 1. The lowest BCUT2D eigenvalue weighted by Crippen LogP contribution is -2.41. The van der Waals surface area contributed by atoms with Gasteiger partial charge < -0.3 is 15.4 Å². The van der Waals surface area contributed by atoms with Crippen molar-refractivity contribution >= 4 is 33.5 Å². The Hall–Kier alpha value is -1.08. The molecule has 0 spiro atoms. The summed E-state index contributed by atoms with van der Waals surface area (Å²) < 4.78 is 9.99. The molecule has 1 heterocycles. The summed E-state index contributed by atoms with van der Waals surface area (Å²) in [7, 11) is 1.57. The Balaban J connectivity index is 1.81. The van der Waals surface area contributed by atoms with Crippen LogP contribution in [0, 0.1) is 0 Å². The lowest BCUT2D eigenvalue weighted by molar-refractivity contribution is 0.237. The van der Waals surface area contributed by atoms with E-state index in [1.54, 1.807) is 7.11 Å². The summed E-state index contributed by atoms with van der Waals surface area (Å²) >= 11 is 4.71. The van der Waals surface area contributed by atoms with Gasteiger partial charge in [-0.2, -0.15) is 4.37 Å². The van der Waals surface area contributed by atoms with Crippen LogP contribution in [0.1, 0.15) is 24.1 Å². The zero-order valence-electron chi connectivity index (χ0n) is 10.6. The van der Waals surface area contributed by atoms with Gasteiger partial charge in [0.25, 0.3) is 0 Å². The lowest BCUT2D eigenvalue weighted by Gasteiger charge is -2.18. The highest BCUT2D eigenvalue weighted by atomic mass is 79.9. The molecule has 0 aromatic carbocycles. The SMILES string of the molecule is COc1nsc(CNC(=O)NC2C=CCCC2)c1Br. The summed E-state index contributed by atoms with van der Waals surface area (Å²) in [5.74, 6) is 0.553. The van der Waals surface area contributed by atoms with Gasteiger partial charge in [-0.05, 0) is 46.7 Å². The van der Waals surface area contributed by atoms with Crippen LogP contribution in [0.2, 0.25) is 0 Å². The van der Waals surface area contributed by atoms with Crippen LogP contribution < -0.4 is 15.4 Å². The van der Waals surface area contributed by atoms with Gasteiger partial charge in [0.15, 0.2) is 0 Å². The van der Waals surface area contributed by atoms with Crippen LogP contribution in [0.15, 0.2) is 16.6 Å². The number of ether oxygens (including phenoxy) is 1. The summed E-state index contributed by atoms with van der Waals surface area (Å²) in [6.07, 6.45) is 7.39. The predicted molar refractivity (Wildman–Crippen MR) is 78.5 cm³/mol. The van der Waals surface area contributed by atoms with E-state index < -0.39 is 0 Å². The molecule has 2 amide bonds. The molecule has 0 fully saturated rings. The quantitative estimate of drug-likeness (QED) is 0.824. The molecule has 7 heteroatoms. The van der Waals surface area contributed by atoms with Crippen molar-refractivity contribution in [3.05, 3.63) is 21.5 Å². The molecule has 1 aliphatic rings. The number of nitrogens with one attached hydrogen (secondary N) is 2. The van der Waals surface area contributed by atoms with Crippen LogP contribution in [-0.2, 0) is 6.54 Å². The number of allylic oxidation sites excluding steroid dienone is 1. The first kappa shape index (κ1) is 14.3. The number of hydrogen-bond donors (Lipinski definition) is 2. The van der Waals surface area contributed by atoms with Crippen LogP contribution in [0.3, 0.4) is 0 Å². The highest BCUT2D eigenvalue weighted by molar-refractivity contribution is 9.10. The Labute approximate surface area is 124 Å². The maximum absolute atomic E-state index is 11.8. The van der Waals surface area contributed by atoms with Gasteiger partial charge in [0.1, 0.15) is 0 Å². The molecule has 104 valence electrons. The number of aromatic nitrogens is 1. The van der Waals surface area contributed by atoms with E-state index in [4.69, 9.17) is 4.74 Å². The molecule has 0 aliphatic heterocycles. The van der Waals surface area contributed by atoms with Crippen LogP contribution >= 0.6 is 27.5 Å². The molecule has 1 aliphatic carbocycles. The highest BCUT2D eigenvalue weighted by Gasteiger charge is 2.14. The molecule has 0 radical (unpaired) electrons. The Kier molecular flexibility index (Phi) is 5.21. The third-order valence-electron chi connectivity index (χ3n) is 2.84. The molecular formula is C12H16BrN3O2S. The van der Waals surface area contributed by atoms with Gasteiger partial charge in [0, 0.05) is 6.04 Å². The van der Waals surface area contributed by atoms with Crippen molar-refractivity contribution in [3.63, 3.8) is 0 Å². The van der Waals surface area contributed by atoms with Crippen molar-refractivity contribution in [2.24, 2.45) is 0 Å². The van der Waals surface area contributed by atoms with Crippen molar-refractivity contribution in [3.8, 4) is 5.88 Å². The van der Waals surface area contributed by atoms with E-state index in [2.05, 4.69) is 43.1 Å². The first-order valence-corrected chi connectivity index (χ1v) is 7.66. The zero-order valence-corrected chi connectivity index (χ0v) is 13.0. The van der Waals surface area contributed by atoms with Crippen LogP contribution in [0.5, 0.6) is 5.88 Å². The normalized spacial score (nSPS) is 18.1. The summed E-state index contributed by atoms with van der Waals surface area (Å²) in [6, 6.07) is -0.0102. The molecule has 0 saturated carbocycles. The zero-order chi connectivity index (χ0) is 13.7. The van der Waals surface area contributed by atoms with Crippen LogP contribution in [0.4, 0.5) is 4.79 Å². The standard InChI is InChI=1S/C12H16BrN3O2S/c1-18-11-10(13)9(19-16-11)7-14-12(17)15-8-5-3-2-4-6-8/h3,5,8H,2,4,6-7H2,1H3,(H2,14,15,17). The number of halogens is 1. The van der Waals surface area contributed by atoms with E-state index in [1.807, 2.05) is 0 Å². The molecule has 1 aromatic heterocycles. The number of nitrogens with zero attached hydrogens (tertiary/aromatic N) is 1. The van der Waals surface area contributed by atoms with Crippen molar-refractivity contribution in [1.82, 2.24) is 15.0 Å². The third-order valence-corrected chi connectivity index (χ3v) is 4.75. The maximum Gasteiger partial charge on any atom is 0.315 e. The van der Waals surface area contributed by atoms with Gasteiger partial charge in [0.2, 0.25) is 5.88 Å². The Morgan fingerprint density at radius 3 is 3.16 bits per heavy atom. The average molecular weight is 346 g/mol. The molecular weight excluding hydrogens is 330 g/mol. The minimum absolute atomic E-state index is 0.146. The summed E-state index contributed by atoms with van der Waals surface area (Å²) in [4.78, 5) is 12.7. The maximum atomic E-state index is 11.8. The Bertz CT molecular complexity index is 476. The van der Waals surface area contributed by atoms with E-state index in [1.165, 1.54) is 11.5 Å². The molecule has 2 rings (SSSR count). The van der Waals surface area contributed by atoms with E-state index in [-0.39, 0.29) is 12.1 Å². The fourth-order valence-corrected chi connectivity index (χ4v) is 3.23. The molecule has 1 atom stereocenters. The van der Waals surface area contributed by atoms with Crippen LogP contribution in [-0.4, -0.2) is 23.6 Å². The second-order valence-corrected chi connectivity index (χ2v) is 5.87. The minimum Gasteiger partial charge on any atom is -0.480 e. The van der Waals surface area contributed by atoms with Crippen molar-refractivity contribution < 1.29 is 9.53 Å². The Morgan fingerprint density at radius 2 is 2.53 bits per heavy atom. The molecule has 1 unspecified atom stereocenters. The van der Waals surface area contributed by atoms with Crippen molar-refractivity contribution in [2.75, 3.05) is 7.11 Å². The number of amides is 2. The van der Waals surface area contributed by atoms with Gasteiger partial charge >= 0.3 is 6.03 Å². The first-order valence-electron chi connectivity index (χ1n) is 6.09. The van der Waals surface area contributed by atoms with Gasteiger partial charge in [-0.1, -0.05) is 12.2 Å². The summed E-state index contributed by atoms with van der Waals surface area (Å²) in [5, 5.41) is 5.76. The van der Waals surface area contributed by atoms with Crippen molar-refractivity contribution in [2.45, 2.75) is 31.8 Å². The summed E-state index contributed by atoms with van der Waals surface area (Å²) in [5.41, 5.74) is 0. The molecule has 19 heavy (non-hydrogen) atoms. The predicted octanol–water partition coefficient (Wildman–Crippen LogP) is 2.82. The fraction of sp³-hybridized carbons (Fsp3) is 0.500. The van der Waals surface area contributed by atoms with Gasteiger partial charge in [0.05, 0.1) is 23.0 Å². The molecule has 0 bridgehead atoms. The second-order valence-electron chi connectivity index (χ2n) is 4.22. The molecule has 2 N–H and O–H groups in total. The van der Waals surface area contributed by atoms with Gasteiger partial charge in [-0.25, -0.2) is 4.79 Å². The molecule has 0 saturated heterocycles. The number of carbonyl (C=O) groups excluding carboxylic acids is 1. The molecule has 5 nitrogen and oxygen atoms in total. The van der Waals surface area contributed by atoms with E-state index >= 15 is 0 Å². The number of rotatable bonds is 4. The minimum atomic E-state index is -0.157. The number of carbonyl (C=O) groups is 1. The average Bonchev–Trinajstić information content (AvgIpc) is 2.78. The lowest BCUT2D eigenvalue weighted by atomic mass is 10.0. The smallest absolute Gasteiger partial charge is 0.315 e. The second kappa shape index (κ2) is 6.91. The van der Waals surface area contributed by atoms with Crippen molar-refractivity contribution in [1.29, 1.82) is 0 Å². The van der Waals surface area contributed by atoms with E-state index in [0.29, 0.717) is 12.4 Å². The van der Waals surface area contributed by atoms with Gasteiger partial charge in [-0.3, -0.25) is 0 Å². The largest absolute Gasteiger partial charge is 0.480 e. The number of hydrogen-bond acceptors (Lipinski definition) is 4.